The van der Waals surface area contributed by atoms with Crippen molar-refractivity contribution in [3.8, 4) is 0 Å². The molecule has 1 aromatic carbocycles. The number of nitrogen functional groups attached to an aromatic ring is 1. The van der Waals surface area contributed by atoms with Gasteiger partial charge in [-0.25, -0.2) is 13.6 Å². The SMILES string of the molecule is Nc1cc(F)c(F)cc1C(=O)OCC(=O)NCC1CC1. The van der Waals surface area contributed by atoms with Crippen LogP contribution >= 0.6 is 0 Å². The van der Waals surface area contributed by atoms with Crippen LogP contribution < -0.4 is 11.1 Å². The van der Waals surface area contributed by atoms with Crippen LogP contribution in [-0.4, -0.2) is 25.0 Å². The summed E-state index contributed by atoms with van der Waals surface area (Å²) in [5.74, 6) is -3.25. The zero-order valence-electron chi connectivity index (χ0n) is 10.6. The van der Waals surface area contributed by atoms with Crippen molar-refractivity contribution >= 4 is 17.6 Å². The van der Waals surface area contributed by atoms with Crippen molar-refractivity contribution in [1.82, 2.24) is 5.32 Å². The Bertz CT molecular complexity index is 545. The van der Waals surface area contributed by atoms with Gasteiger partial charge in [-0.3, -0.25) is 4.79 Å². The number of amides is 1. The summed E-state index contributed by atoms with van der Waals surface area (Å²) >= 11 is 0. The second kappa shape index (κ2) is 5.85. The molecule has 7 heteroatoms. The Hall–Kier alpha value is -2.18. The van der Waals surface area contributed by atoms with Crippen LogP contribution in [0.2, 0.25) is 0 Å². The van der Waals surface area contributed by atoms with Gasteiger partial charge < -0.3 is 15.8 Å². The largest absolute Gasteiger partial charge is 0.452 e. The molecule has 1 amide bonds. The Morgan fingerprint density at radius 2 is 1.95 bits per heavy atom. The van der Waals surface area contributed by atoms with E-state index in [2.05, 4.69) is 5.32 Å². The number of anilines is 1. The van der Waals surface area contributed by atoms with Crippen LogP contribution in [0.3, 0.4) is 0 Å². The highest BCUT2D eigenvalue weighted by Crippen LogP contribution is 2.27. The van der Waals surface area contributed by atoms with Gasteiger partial charge in [-0.1, -0.05) is 0 Å². The Kier molecular flexibility index (Phi) is 4.16. The van der Waals surface area contributed by atoms with Crippen molar-refractivity contribution in [1.29, 1.82) is 0 Å². The van der Waals surface area contributed by atoms with E-state index in [4.69, 9.17) is 10.5 Å². The average Bonchev–Trinajstić information content (AvgIpc) is 3.22. The summed E-state index contributed by atoms with van der Waals surface area (Å²) in [4.78, 5) is 23.0. The molecule has 1 aliphatic rings. The number of carbonyl (C=O) groups is 2. The number of halogens is 2. The highest BCUT2D eigenvalue weighted by Gasteiger charge is 2.22. The minimum atomic E-state index is -1.20. The van der Waals surface area contributed by atoms with Crippen LogP contribution in [0.25, 0.3) is 0 Å². The maximum absolute atomic E-state index is 13.0. The predicted molar refractivity (Wildman–Crippen MR) is 66.8 cm³/mol. The first-order valence-electron chi connectivity index (χ1n) is 6.15. The van der Waals surface area contributed by atoms with Crippen molar-refractivity contribution in [3.63, 3.8) is 0 Å². The Morgan fingerprint density at radius 3 is 2.60 bits per heavy atom. The lowest BCUT2D eigenvalue weighted by atomic mass is 10.1. The highest BCUT2D eigenvalue weighted by atomic mass is 19.2. The molecule has 0 radical (unpaired) electrons. The fourth-order valence-corrected chi connectivity index (χ4v) is 1.58. The summed E-state index contributed by atoms with van der Waals surface area (Å²) in [6.07, 6.45) is 2.18. The molecule has 1 aromatic rings. The summed E-state index contributed by atoms with van der Waals surface area (Å²) in [6, 6.07) is 1.34. The average molecular weight is 284 g/mol. The molecule has 0 bridgehead atoms. The number of hydrogen-bond donors (Lipinski definition) is 2. The normalized spacial score (nSPS) is 13.9. The third-order valence-corrected chi connectivity index (χ3v) is 2.93. The first-order chi connectivity index (χ1) is 9.47. The Balaban J connectivity index is 1.87. The van der Waals surface area contributed by atoms with Crippen molar-refractivity contribution in [3.05, 3.63) is 29.3 Å². The van der Waals surface area contributed by atoms with Crippen LogP contribution in [0.5, 0.6) is 0 Å². The molecule has 1 saturated carbocycles. The number of ether oxygens (including phenoxy) is 1. The van der Waals surface area contributed by atoms with Crippen LogP contribution in [0.4, 0.5) is 14.5 Å². The maximum atomic E-state index is 13.0. The number of nitrogens with one attached hydrogen (secondary N) is 1. The summed E-state index contributed by atoms with van der Waals surface area (Å²) < 4.78 is 30.6. The van der Waals surface area contributed by atoms with Gasteiger partial charge in [0.1, 0.15) is 0 Å². The van der Waals surface area contributed by atoms with E-state index >= 15 is 0 Å². The van der Waals surface area contributed by atoms with Gasteiger partial charge in [0.25, 0.3) is 5.91 Å². The lowest BCUT2D eigenvalue weighted by Crippen LogP contribution is -2.30. The van der Waals surface area contributed by atoms with E-state index < -0.39 is 30.1 Å². The molecule has 1 aliphatic carbocycles. The third-order valence-electron chi connectivity index (χ3n) is 2.93. The minimum Gasteiger partial charge on any atom is -0.452 e. The van der Waals surface area contributed by atoms with Crippen molar-refractivity contribution in [2.75, 3.05) is 18.9 Å². The summed E-state index contributed by atoms with van der Waals surface area (Å²) in [6.45, 7) is 0.0771. The standard InChI is InChI=1S/C13H14F2N2O3/c14-9-3-8(11(16)4-10(9)15)13(19)20-6-12(18)17-5-7-1-2-7/h3-4,7H,1-2,5-6,16H2,(H,17,18). The van der Waals surface area contributed by atoms with Gasteiger partial charge in [0, 0.05) is 18.3 Å². The lowest BCUT2D eigenvalue weighted by molar-refractivity contribution is -0.124. The van der Waals surface area contributed by atoms with E-state index in [9.17, 15) is 18.4 Å². The van der Waals surface area contributed by atoms with Crippen LogP contribution in [-0.2, 0) is 9.53 Å². The molecule has 0 spiro atoms. The fraction of sp³-hybridized carbons (Fsp3) is 0.385. The van der Waals surface area contributed by atoms with E-state index in [1.165, 1.54) is 0 Å². The van der Waals surface area contributed by atoms with E-state index in [1.807, 2.05) is 0 Å². The lowest BCUT2D eigenvalue weighted by Gasteiger charge is -2.08. The number of carbonyl (C=O) groups excluding carboxylic acids is 2. The number of esters is 1. The van der Waals surface area contributed by atoms with E-state index in [1.54, 1.807) is 0 Å². The van der Waals surface area contributed by atoms with Gasteiger partial charge in [-0.15, -0.1) is 0 Å². The molecule has 5 nitrogen and oxygen atoms in total. The molecule has 0 unspecified atom stereocenters. The van der Waals surface area contributed by atoms with Crippen LogP contribution in [0.15, 0.2) is 12.1 Å². The number of nitrogens with two attached hydrogens (primary N) is 1. The van der Waals surface area contributed by atoms with E-state index in [0.29, 0.717) is 24.6 Å². The molecule has 1 fully saturated rings. The van der Waals surface area contributed by atoms with Crippen molar-refractivity contribution in [2.24, 2.45) is 5.92 Å². The number of benzene rings is 1. The molecule has 0 aromatic heterocycles. The maximum Gasteiger partial charge on any atom is 0.340 e. The molecule has 20 heavy (non-hydrogen) atoms. The van der Waals surface area contributed by atoms with Gasteiger partial charge >= 0.3 is 5.97 Å². The summed E-state index contributed by atoms with van der Waals surface area (Å²) in [7, 11) is 0. The minimum absolute atomic E-state index is 0.243. The fourth-order valence-electron chi connectivity index (χ4n) is 1.58. The molecule has 0 atom stereocenters. The van der Waals surface area contributed by atoms with Gasteiger partial charge in [0.15, 0.2) is 18.2 Å². The van der Waals surface area contributed by atoms with Gasteiger partial charge in [-0.05, 0) is 24.8 Å². The van der Waals surface area contributed by atoms with E-state index in [-0.39, 0.29) is 11.3 Å². The highest BCUT2D eigenvalue weighted by molar-refractivity contribution is 5.96. The Morgan fingerprint density at radius 1 is 1.30 bits per heavy atom. The molecule has 2 rings (SSSR count). The first kappa shape index (κ1) is 14.2. The van der Waals surface area contributed by atoms with Crippen molar-refractivity contribution < 1.29 is 23.1 Å². The van der Waals surface area contributed by atoms with Gasteiger partial charge in [-0.2, -0.15) is 0 Å². The van der Waals surface area contributed by atoms with Crippen LogP contribution in [0.1, 0.15) is 23.2 Å². The topological polar surface area (TPSA) is 81.4 Å². The molecule has 0 heterocycles. The van der Waals surface area contributed by atoms with Gasteiger partial charge in [0.2, 0.25) is 0 Å². The monoisotopic (exact) mass is 284 g/mol. The Labute approximate surface area is 114 Å². The molecule has 3 N–H and O–H groups in total. The molecule has 0 saturated heterocycles. The van der Waals surface area contributed by atoms with E-state index in [0.717, 1.165) is 12.8 Å². The molecule has 0 aliphatic heterocycles. The predicted octanol–water partition coefficient (Wildman–Crippen LogP) is 1.23. The molecule has 108 valence electrons. The number of rotatable bonds is 5. The second-order valence-corrected chi connectivity index (χ2v) is 4.68. The zero-order valence-corrected chi connectivity index (χ0v) is 10.6. The smallest absolute Gasteiger partial charge is 0.340 e. The number of hydrogen-bond acceptors (Lipinski definition) is 4. The quantitative estimate of drug-likeness (QED) is 0.629. The second-order valence-electron chi connectivity index (χ2n) is 4.68. The van der Waals surface area contributed by atoms with Crippen LogP contribution in [0, 0.1) is 17.6 Å². The molecular weight excluding hydrogens is 270 g/mol. The first-order valence-corrected chi connectivity index (χ1v) is 6.15. The van der Waals surface area contributed by atoms with Crippen molar-refractivity contribution in [2.45, 2.75) is 12.8 Å². The van der Waals surface area contributed by atoms with Gasteiger partial charge in [0.05, 0.1) is 5.56 Å². The zero-order chi connectivity index (χ0) is 14.7. The summed E-state index contributed by atoms with van der Waals surface area (Å²) in [5, 5.41) is 2.61. The summed E-state index contributed by atoms with van der Waals surface area (Å²) in [5.41, 5.74) is 4.85. The third kappa shape index (κ3) is 3.66. The molecular formula is C13H14F2N2O3.